The minimum absolute atomic E-state index is 0.219. The first-order valence-electron chi connectivity index (χ1n) is 8.23. The van der Waals surface area contributed by atoms with Crippen LogP contribution in [0.2, 0.25) is 0 Å². The lowest BCUT2D eigenvalue weighted by atomic mass is 10.1. The second-order valence-electron chi connectivity index (χ2n) is 5.83. The number of allylic oxidation sites excluding steroid dienone is 1. The van der Waals surface area contributed by atoms with Crippen LogP contribution in [0.1, 0.15) is 28.6 Å². The molecule has 3 rings (SSSR count). The van der Waals surface area contributed by atoms with Crippen LogP contribution in [-0.2, 0) is 16.1 Å². The number of furan rings is 1. The van der Waals surface area contributed by atoms with Crippen molar-refractivity contribution in [3.8, 4) is 0 Å². The van der Waals surface area contributed by atoms with Crippen molar-refractivity contribution in [1.82, 2.24) is 5.32 Å². The van der Waals surface area contributed by atoms with Crippen molar-refractivity contribution in [2.45, 2.75) is 20.4 Å². The first-order chi connectivity index (χ1) is 12.5. The van der Waals surface area contributed by atoms with Gasteiger partial charge in [0.25, 0.3) is 11.8 Å². The summed E-state index contributed by atoms with van der Waals surface area (Å²) in [7, 11) is 0. The van der Waals surface area contributed by atoms with E-state index in [0.717, 1.165) is 11.3 Å². The molecule has 0 saturated carbocycles. The highest BCUT2D eigenvalue weighted by molar-refractivity contribution is 8.04. The van der Waals surface area contributed by atoms with E-state index in [-0.39, 0.29) is 11.8 Å². The lowest BCUT2D eigenvalue weighted by molar-refractivity contribution is -0.112. The number of ether oxygens (including phenoxy) is 1. The van der Waals surface area contributed by atoms with Crippen molar-refractivity contribution in [2.75, 3.05) is 17.7 Å². The standard InChI is InChI=1S/C19H20N2O4S/c1-12-5-6-14(18(22)20-11-15-4-3-7-25-15)10-16(12)21-19(23)17-13(2)24-8-9-26-17/h3-7,10H,8-9,11H2,1-2H3,(H,20,22)(H,21,23). The minimum Gasteiger partial charge on any atom is -0.496 e. The van der Waals surface area contributed by atoms with Crippen molar-refractivity contribution in [3.63, 3.8) is 0 Å². The number of aryl methyl sites for hydroxylation is 1. The Balaban J connectivity index is 1.71. The highest BCUT2D eigenvalue weighted by atomic mass is 32.2. The van der Waals surface area contributed by atoms with Gasteiger partial charge in [-0.25, -0.2) is 0 Å². The number of hydrogen-bond acceptors (Lipinski definition) is 5. The topological polar surface area (TPSA) is 80.6 Å². The first kappa shape index (κ1) is 18.1. The molecule has 0 aliphatic carbocycles. The molecule has 2 N–H and O–H groups in total. The average molecular weight is 372 g/mol. The van der Waals surface area contributed by atoms with E-state index in [1.165, 1.54) is 11.8 Å². The molecule has 7 heteroatoms. The summed E-state index contributed by atoms with van der Waals surface area (Å²) in [6.45, 7) is 4.58. The Morgan fingerprint density at radius 2 is 2.04 bits per heavy atom. The van der Waals surface area contributed by atoms with E-state index in [2.05, 4.69) is 10.6 Å². The van der Waals surface area contributed by atoms with Crippen molar-refractivity contribution < 1.29 is 18.7 Å². The summed E-state index contributed by atoms with van der Waals surface area (Å²) in [4.78, 5) is 25.4. The predicted molar refractivity (Wildman–Crippen MR) is 101 cm³/mol. The lowest BCUT2D eigenvalue weighted by Crippen LogP contribution is -2.23. The third kappa shape index (κ3) is 4.29. The van der Waals surface area contributed by atoms with Crippen molar-refractivity contribution in [3.05, 3.63) is 64.1 Å². The van der Waals surface area contributed by atoms with Gasteiger partial charge in [-0.1, -0.05) is 6.07 Å². The molecule has 2 heterocycles. The maximum Gasteiger partial charge on any atom is 0.265 e. The third-order valence-corrected chi connectivity index (χ3v) is 5.06. The van der Waals surface area contributed by atoms with E-state index < -0.39 is 0 Å². The molecule has 0 spiro atoms. The number of thioether (sulfide) groups is 1. The van der Waals surface area contributed by atoms with E-state index in [9.17, 15) is 9.59 Å². The molecule has 0 unspecified atom stereocenters. The molecule has 2 aromatic rings. The number of amides is 2. The summed E-state index contributed by atoms with van der Waals surface area (Å²) in [5, 5.41) is 5.67. The Morgan fingerprint density at radius 1 is 1.19 bits per heavy atom. The third-order valence-electron chi connectivity index (χ3n) is 3.93. The molecule has 6 nitrogen and oxygen atoms in total. The van der Waals surface area contributed by atoms with Crippen LogP contribution in [0.3, 0.4) is 0 Å². The van der Waals surface area contributed by atoms with Gasteiger partial charge in [-0.05, 0) is 43.7 Å². The Labute approximate surface area is 156 Å². The molecule has 0 fully saturated rings. The van der Waals surface area contributed by atoms with Gasteiger partial charge in [0.1, 0.15) is 16.4 Å². The molecular formula is C19H20N2O4S. The fourth-order valence-corrected chi connectivity index (χ4v) is 3.31. The zero-order valence-corrected chi connectivity index (χ0v) is 15.4. The molecule has 1 aromatic carbocycles. The SMILES string of the molecule is CC1=C(C(=O)Nc2cc(C(=O)NCc3ccco3)ccc2C)SCCO1. The van der Waals surface area contributed by atoms with E-state index in [0.29, 0.717) is 40.8 Å². The average Bonchev–Trinajstić information content (AvgIpc) is 3.15. The van der Waals surface area contributed by atoms with Crippen LogP contribution in [0, 0.1) is 6.92 Å². The molecule has 26 heavy (non-hydrogen) atoms. The highest BCUT2D eigenvalue weighted by Crippen LogP contribution is 2.27. The van der Waals surface area contributed by atoms with Gasteiger partial charge in [0, 0.05) is 17.0 Å². The van der Waals surface area contributed by atoms with Crippen LogP contribution in [0.4, 0.5) is 5.69 Å². The van der Waals surface area contributed by atoms with Crippen LogP contribution in [0.15, 0.2) is 51.7 Å². The molecule has 2 amide bonds. The maximum absolute atomic E-state index is 12.5. The Bertz CT molecular complexity index is 843. The van der Waals surface area contributed by atoms with Crippen molar-refractivity contribution in [2.24, 2.45) is 0 Å². The summed E-state index contributed by atoms with van der Waals surface area (Å²) in [6, 6.07) is 8.77. The second kappa shape index (κ2) is 8.14. The summed E-state index contributed by atoms with van der Waals surface area (Å²) < 4.78 is 10.6. The van der Waals surface area contributed by atoms with E-state index in [1.807, 2.05) is 13.0 Å². The highest BCUT2D eigenvalue weighted by Gasteiger charge is 2.20. The van der Waals surface area contributed by atoms with E-state index in [4.69, 9.17) is 9.15 Å². The number of nitrogens with one attached hydrogen (secondary N) is 2. The van der Waals surface area contributed by atoms with Crippen LogP contribution in [-0.4, -0.2) is 24.2 Å². The van der Waals surface area contributed by atoms with Crippen LogP contribution >= 0.6 is 11.8 Å². The monoisotopic (exact) mass is 372 g/mol. The molecule has 1 aromatic heterocycles. The van der Waals surface area contributed by atoms with Gasteiger partial charge in [-0.3, -0.25) is 9.59 Å². The Kier molecular flexibility index (Phi) is 5.68. The Hall–Kier alpha value is -2.67. The van der Waals surface area contributed by atoms with E-state index >= 15 is 0 Å². The zero-order valence-electron chi connectivity index (χ0n) is 14.6. The summed E-state index contributed by atoms with van der Waals surface area (Å²) in [5.41, 5.74) is 1.95. The Morgan fingerprint density at radius 3 is 2.77 bits per heavy atom. The lowest BCUT2D eigenvalue weighted by Gasteiger charge is -2.18. The van der Waals surface area contributed by atoms with Gasteiger partial charge in [0.15, 0.2) is 0 Å². The largest absolute Gasteiger partial charge is 0.496 e. The van der Waals surface area contributed by atoms with Crippen LogP contribution < -0.4 is 10.6 Å². The van der Waals surface area contributed by atoms with Gasteiger partial charge in [-0.2, -0.15) is 0 Å². The molecule has 0 bridgehead atoms. The molecule has 1 aliphatic heterocycles. The number of carbonyl (C=O) groups excluding carboxylic acids is 2. The summed E-state index contributed by atoms with van der Waals surface area (Å²) >= 11 is 1.47. The van der Waals surface area contributed by atoms with Gasteiger partial charge in [-0.15, -0.1) is 11.8 Å². The molecular weight excluding hydrogens is 352 g/mol. The number of carbonyl (C=O) groups is 2. The predicted octanol–water partition coefficient (Wildman–Crippen LogP) is 3.45. The molecule has 0 saturated heterocycles. The van der Waals surface area contributed by atoms with Crippen molar-refractivity contribution in [1.29, 1.82) is 0 Å². The number of hydrogen-bond donors (Lipinski definition) is 2. The van der Waals surface area contributed by atoms with E-state index in [1.54, 1.807) is 37.5 Å². The van der Waals surface area contributed by atoms with Gasteiger partial charge in [0.2, 0.25) is 0 Å². The fraction of sp³-hybridized carbons (Fsp3) is 0.263. The zero-order chi connectivity index (χ0) is 18.5. The van der Waals surface area contributed by atoms with Crippen LogP contribution in [0.5, 0.6) is 0 Å². The number of rotatable bonds is 5. The molecule has 0 radical (unpaired) electrons. The summed E-state index contributed by atoms with van der Waals surface area (Å²) in [5.74, 6) is 1.60. The van der Waals surface area contributed by atoms with Crippen LogP contribution in [0.25, 0.3) is 0 Å². The van der Waals surface area contributed by atoms with Gasteiger partial charge in [0.05, 0.1) is 19.4 Å². The van der Waals surface area contributed by atoms with Gasteiger partial charge < -0.3 is 19.8 Å². The number of anilines is 1. The van der Waals surface area contributed by atoms with Crippen molar-refractivity contribution >= 4 is 29.3 Å². The fourth-order valence-electron chi connectivity index (χ4n) is 2.49. The normalized spacial score (nSPS) is 13.9. The quantitative estimate of drug-likeness (QED) is 0.840. The molecule has 1 aliphatic rings. The first-order valence-corrected chi connectivity index (χ1v) is 9.22. The summed E-state index contributed by atoms with van der Waals surface area (Å²) in [6.07, 6.45) is 1.56. The molecule has 0 atom stereocenters. The van der Waals surface area contributed by atoms with Gasteiger partial charge >= 0.3 is 0 Å². The number of benzene rings is 1. The minimum atomic E-state index is -0.234. The smallest absolute Gasteiger partial charge is 0.265 e. The second-order valence-corrected chi connectivity index (χ2v) is 6.93. The molecule has 136 valence electrons. The maximum atomic E-state index is 12.5.